The first-order valence-corrected chi connectivity index (χ1v) is 7.35. The number of anilines is 2. The summed E-state index contributed by atoms with van der Waals surface area (Å²) >= 11 is 3.16. The first kappa shape index (κ1) is 15.4. The van der Waals surface area contributed by atoms with E-state index in [9.17, 15) is 9.18 Å². The standard InChI is InChI=1S/C15H15BrFN3O/c1-2-7-18-11-4-6-14(19-9-11)15(21)20-13-5-3-10(16)8-12(13)17/h3-6,8-9,18H,2,7H2,1H3,(H,20,21). The number of nitrogens with one attached hydrogen (secondary N) is 2. The van der Waals surface area contributed by atoms with Crippen molar-refractivity contribution in [3.63, 3.8) is 0 Å². The second-order valence-electron chi connectivity index (χ2n) is 4.44. The van der Waals surface area contributed by atoms with E-state index in [0.717, 1.165) is 18.7 Å². The number of hydrogen-bond acceptors (Lipinski definition) is 3. The molecule has 4 nitrogen and oxygen atoms in total. The van der Waals surface area contributed by atoms with Gasteiger partial charge in [0.2, 0.25) is 0 Å². The Morgan fingerprint density at radius 3 is 2.76 bits per heavy atom. The minimum absolute atomic E-state index is 0.123. The third kappa shape index (κ3) is 4.26. The van der Waals surface area contributed by atoms with Gasteiger partial charge in [0, 0.05) is 11.0 Å². The first-order chi connectivity index (χ1) is 10.1. The normalized spacial score (nSPS) is 10.2. The number of nitrogens with zero attached hydrogens (tertiary/aromatic N) is 1. The lowest BCUT2D eigenvalue weighted by Gasteiger charge is -2.07. The zero-order valence-corrected chi connectivity index (χ0v) is 13.1. The molecule has 0 radical (unpaired) electrons. The topological polar surface area (TPSA) is 54.0 Å². The average molecular weight is 352 g/mol. The van der Waals surface area contributed by atoms with Gasteiger partial charge in [-0.3, -0.25) is 4.79 Å². The summed E-state index contributed by atoms with van der Waals surface area (Å²) in [5.74, 6) is -0.947. The van der Waals surface area contributed by atoms with Gasteiger partial charge in [0.25, 0.3) is 5.91 Å². The van der Waals surface area contributed by atoms with Crippen molar-refractivity contribution >= 4 is 33.2 Å². The maximum absolute atomic E-state index is 13.7. The van der Waals surface area contributed by atoms with Gasteiger partial charge in [0.05, 0.1) is 17.6 Å². The smallest absolute Gasteiger partial charge is 0.274 e. The lowest BCUT2D eigenvalue weighted by Crippen LogP contribution is -2.14. The number of carbonyl (C=O) groups excluding carboxylic acids is 1. The van der Waals surface area contributed by atoms with E-state index in [4.69, 9.17) is 0 Å². The van der Waals surface area contributed by atoms with Crippen molar-refractivity contribution in [1.82, 2.24) is 4.98 Å². The molecule has 0 spiro atoms. The average Bonchev–Trinajstić information content (AvgIpc) is 2.48. The molecule has 1 amide bonds. The van der Waals surface area contributed by atoms with Crippen molar-refractivity contribution < 1.29 is 9.18 Å². The Bertz CT molecular complexity index is 631. The van der Waals surface area contributed by atoms with Crippen LogP contribution in [0.3, 0.4) is 0 Å². The number of amides is 1. The van der Waals surface area contributed by atoms with Crippen molar-refractivity contribution in [3.05, 3.63) is 52.5 Å². The SMILES string of the molecule is CCCNc1ccc(C(=O)Nc2ccc(Br)cc2F)nc1. The van der Waals surface area contributed by atoms with Crippen molar-refractivity contribution in [3.8, 4) is 0 Å². The van der Waals surface area contributed by atoms with E-state index in [1.54, 1.807) is 24.4 Å². The monoisotopic (exact) mass is 351 g/mol. The molecule has 2 aromatic rings. The van der Waals surface area contributed by atoms with E-state index in [1.807, 2.05) is 0 Å². The summed E-state index contributed by atoms with van der Waals surface area (Å²) in [5, 5.41) is 5.66. The lowest BCUT2D eigenvalue weighted by atomic mass is 10.2. The summed E-state index contributed by atoms with van der Waals surface area (Å²) in [6.07, 6.45) is 2.59. The van der Waals surface area contributed by atoms with Crippen LogP contribution in [0.4, 0.5) is 15.8 Å². The van der Waals surface area contributed by atoms with Crippen LogP contribution in [0.15, 0.2) is 41.0 Å². The van der Waals surface area contributed by atoms with Crippen LogP contribution in [0.25, 0.3) is 0 Å². The fourth-order valence-electron chi connectivity index (χ4n) is 1.68. The Labute approximate surface area is 130 Å². The molecule has 0 aliphatic rings. The largest absolute Gasteiger partial charge is 0.384 e. The van der Waals surface area contributed by atoms with Crippen LogP contribution in [0.2, 0.25) is 0 Å². The van der Waals surface area contributed by atoms with Gasteiger partial charge in [-0.05, 0) is 36.8 Å². The van der Waals surface area contributed by atoms with Crippen LogP contribution >= 0.6 is 15.9 Å². The summed E-state index contributed by atoms with van der Waals surface area (Å²) in [5.41, 5.74) is 1.21. The molecule has 0 bridgehead atoms. The van der Waals surface area contributed by atoms with Crippen molar-refractivity contribution in [2.75, 3.05) is 17.2 Å². The minimum Gasteiger partial charge on any atom is -0.384 e. The molecule has 1 aromatic carbocycles. The molecule has 110 valence electrons. The highest BCUT2D eigenvalue weighted by Crippen LogP contribution is 2.20. The fraction of sp³-hybridized carbons (Fsp3) is 0.200. The van der Waals surface area contributed by atoms with Gasteiger partial charge >= 0.3 is 0 Å². The molecule has 0 atom stereocenters. The van der Waals surface area contributed by atoms with Gasteiger partial charge in [-0.1, -0.05) is 22.9 Å². The number of hydrogen-bond donors (Lipinski definition) is 2. The van der Waals surface area contributed by atoms with Gasteiger partial charge in [0.1, 0.15) is 11.5 Å². The third-order valence-electron chi connectivity index (χ3n) is 2.75. The number of benzene rings is 1. The van der Waals surface area contributed by atoms with Crippen molar-refractivity contribution in [1.29, 1.82) is 0 Å². The Morgan fingerprint density at radius 1 is 1.33 bits per heavy atom. The van der Waals surface area contributed by atoms with Gasteiger partial charge in [-0.15, -0.1) is 0 Å². The number of pyridine rings is 1. The molecule has 0 unspecified atom stereocenters. The molecule has 2 rings (SSSR count). The molecular weight excluding hydrogens is 337 g/mol. The summed E-state index contributed by atoms with van der Waals surface area (Å²) < 4.78 is 14.3. The minimum atomic E-state index is -0.501. The quantitative estimate of drug-likeness (QED) is 0.853. The number of halogens is 2. The van der Waals surface area contributed by atoms with Crippen molar-refractivity contribution in [2.24, 2.45) is 0 Å². The van der Waals surface area contributed by atoms with E-state index >= 15 is 0 Å². The van der Waals surface area contributed by atoms with Crippen LogP contribution in [-0.2, 0) is 0 Å². The van der Waals surface area contributed by atoms with Crippen molar-refractivity contribution in [2.45, 2.75) is 13.3 Å². The van der Waals surface area contributed by atoms with Gasteiger partial charge in [-0.2, -0.15) is 0 Å². The summed E-state index contributed by atoms with van der Waals surface area (Å²) in [6, 6.07) is 7.82. The Morgan fingerprint density at radius 2 is 2.14 bits per heavy atom. The maximum atomic E-state index is 13.7. The van der Waals surface area contributed by atoms with Crippen LogP contribution in [0.5, 0.6) is 0 Å². The predicted molar refractivity (Wildman–Crippen MR) is 85.1 cm³/mol. The molecule has 0 saturated carbocycles. The second-order valence-corrected chi connectivity index (χ2v) is 5.35. The molecule has 1 heterocycles. The zero-order valence-electron chi connectivity index (χ0n) is 11.5. The highest BCUT2D eigenvalue weighted by atomic mass is 79.9. The van der Waals surface area contributed by atoms with Crippen LogP contribution in [0.1, 0.15) is 23.8 Å². The summed E-state index contributed by atoms with van der Waals surface area (Å²) in [4.78, 5) is 16.1. The molecule has 0 aliphatic heterocycles. The predicted octanol–water partition coefficient (Wildman–Crippen LogP) is 4.06. The lowest BCUT2D eigenvalue weighted by molar-refractivity contribution is 0.102. The molecule has 0 saturated heterocycles. The summed E-state index contributed by atoms with van der Waals surface area (Å²) in [7, 11) is 0. The Hall–Kier alpha value is -1.95. The van der Waals surface area contributed by atoms with Crippen LogP contribution in [0, 0.1) is 5.82 Å². The van der Waals surface area contributed by atoms with Gasteiger partial charge in [-0.25, -0.2) is 9.37 Å². The van der Waals surface area contributed by atoms with E-state index in [2.05, 4.69) is 38.5 Å². The van der Waals surface area contributed by atoms with Crippen LogP contribution < -0.4 is 10.6 Å². The molecule has 0 aliphatic carbocycles. The maximum Gasteiger partial charge on any atom is 0.274 e. The molecule has 2 N–H and O–H groups in total. The van der Waals surface area contributed by atoms with Crippen LogP contribution in [-0.4, -0.2) is 17.4 Å². The number of rotatable bonds is 5. The molecular formula is C15H15BrFN3O. The van der Waals surface area contributed by atoms with E-state index in [1.165, 1.54) is 12.1 Å². The molecule has 1 aromatic heterocycles. The first-order valence-electron chi connectivity index (χ1n) is 6.56. The van der Waals surface area contributed by atoms with E-state index in [-0.39, 0.29) is 11.4 Å². The molecule has 21 heavy (non-hydrogen) atoms. The second kappa shape index (κ2) is 7.17. The van der Waals surface area contributed by atoms with E-state index < -0.39 is 11.7 Å². The third-order valence-corrected chi connectivity index (χ3v) is 3.25. The zero-order chi connectivity index (χ0) is 15.2. The Kier molecular flexibility index (Phi) is 5.27. The molecule has 6 heteroatoms. The summed E-state index contributed by atoms with van der Waals surface area (Å²) in [6.45, 7) is 2.91. The Balaban J connectivity index is 2.06. The number of carbonyl (C=O) groups is 1. The van der Waals surface area contributed by atoms with Gasteiger partial charge in [0.15, 0.2) is 0 Å². The molecule has 0 fully saturated rings. The number of aromatic nitrogens is 1. The highest BCUT2D eigenvalue weighted by Gasteiger charge is 2.10. The highest BCUT2D eigenvalue weighted by molar-refractivity contribution is 9.10. The fourth-order valence-corrected chi connectivity index (χ4v) is 2.01. The van der Waals surface area contributed by atoms with E-state index in [0.29, 0.717) is 4.47 Å². The van der Waals surface area contributed by atoms with Gasteiger partial charge < -0.3 is 10.6 Å².